The van der Waals surface area contributed by atoms with Crippen LogP contribution in [0.4, 0.5) is 0 Å². The molecule has 2 aliphatic rings. The van der Waals surface area contributed by atoms with Gasteiger partial charge in [-0.05, 0) is 90.4 Å². The fourth-order valence-corrected chi connectivity index (χ4v) is 3.87. The average molecular weight is 309 g/mol. The van der Waals surface area contributed by atoms with Crippen LogP contribution in [0.25, 0.3) is 0 Å². The van der Waals surface area contributed by atoms with Gasteiger partial charge in [0.25, 0.3) is 0 Å². The fourth-order valence-electron chi connectivity index (χ4n) is 3.87. The number of carbonyl (C=O) groups is 1. The van der Waals surface area contributed by atoms with Crippen LogP contribution in [0.15, 0.2) is 0 Å². The summed E-state index contributed by atoms with van der Waals surface area (Å²) in [6.07, 6.45) is 8.58. The van der Waals surface area contributed by atoms with Gasteiger partial charge in [-0.3, -0.25) is 9.69 Å². The van der Waals surface area contributed by atoms with Gasteiger partial charge in [0.15, 0.2) is 0 Å². The number of hydrogen-bond donors (Lipinski definition) is 2. The predicted octanol–water partition coefficient (Wildman–Crippen LogP) is 2.39. The van der Waals surface area contributed by atoms with E-state index in [0.717, 1.165) is 44.3 Å². The first-order valence-electron chi connectivity index (χ1n) is 9.29. The Hall–Kier alpha value is -0.610. The van der Waals surface area contributed by atoms with E-state index in [1.165, 1.54) is 32.1 Å². The van der Waals surface area contributed by atoms with Crippen LogP contribution in [0.1, 0.15) is 58.8 Å². The zero-order valence-electron chi connectivity index (χ0n) is 14.7. The van der Waals surface area contributed by atoms with Gasteiger partial charge in [0.05, 0.1) is 6.04 Å². The lowest BCUT2D eigenvalue weighted by atomic mass is 9.87. The summed E-state index contributed by atoms with van der Waals surface area (Å²) in [6.45, 7) is 7.66. The number of likely N-dealkylation sites (tertiary alicyclic amines) is 1. The number of rotatable bonds is 6. The van der Waals surface area contributed by atoms with E-state index in [9.17, 15) is 4.79 Å². The maximum Gasteiger partial charge on any atom is 0.237 e. The summed E-state index contributed by atoms with van der Waals surface area (Å²) in [4.78, 5) is 14.9. The Morgan fingerprint density at radius 1 is 1.14 bits per heavy atom. The lowest BCUT2D eigenvalue weighted by molar-refractivity contribution is -0.127. The maximum atomic E-state index is 12.5. The van der Waals surface area contributed by atoms with Gasteiger partial charge in [0.2, 0.25) is 5.91 Å². The minimum absolute atomic E-state index is 0.0320. The van der Waals surface area contributed by atoms with E-state index >= 15 is 0 Å². The molecule has 4 nitrogen and oxygen atoms in total. The van der Waals surface area contributed by atoms with Crippen molar-refractivity contribution >= 4 is 5.91 Å². The molecule has 1 unspecified atom stereocenters. The van der Waals surface area contributed by atoms with Gasteiger partial charge < -0.3 is 10.6 Å². The third-order valence-electron chi connectivity index (χ3n) is 5.74. The molecule has 4 heteroatoms. The molecule has 0 aromatic carbocycles. The highest BCUT2D eigenvalue weighted by molar-refractivity contribution is 5.81. The largest absolute Gasteiger partial charge is 0.352 e. The number of amides is 1. The van der Waals surface area contributed by atoms with Gasteiger partial charge in [0, 0.05) is 6.04 Å². The predicted molar refractivity (Wildman–Crippen MR) is 91.9 cm³/mol. The molecule has 2 N–H and O–H groups in total. The molecular weight excluding hydrogens is 274 g/mol. The second kappa shape index (κ2) is 8.88. The molecule has 0 aromatic heterocycles. The topological polar surface area (TPSA) is 44.4 Å². The molecule has 1 amide bonds. The summed E-state index contributed by atoms with van der Waals surface area (Å²) in [5.74, 6) is 1.91. The fraction of sp³-hybridized carbons (Fsp3) is 0.944. The molecule has 1 aliphatic carbocycles. The molecule has 0 radical (unpaired) electrons. The van der Waals surface area contributed by atoms with E-state index < -0.39 is 0 Å². The highest BCUT2D eigenvalue weighted by Crippen LogP contribution is 2.24. The van der Waals surface area contributed by atoms with Crippen LogP contribution in [0.2, 0.25) is 0 Å². The van der Waals surface area contributed by atoms with Crippen molar-refractivity contribution in [2.45, 2.75) is 70.9 Å². The monoisotopic (exact) mass is 309 g/mol. The van der Waals surface area contributed by atoms with Crippen LogP contribution in [0.5, 0.6) is 0 Å². The highest BCUT2D eigenvalue weighted by Gasteiger charge is 2.28. The van der Waals surface area contributed by atoms with Gasteiger partial charge in [-0.25, -0.2) is 0 Å². The first kappa shape index (κ1) is 17.7. The summed E-state index contributed by atoms with van der Waals surface area (Å²) in [5, 5.41) is 6.53. The summed E-state index contributed by atoms with van der Waals surface area (Å²) in [7, 11) is 2.02. The number of nitrogens with zero attached hydrogens (tertiary/aromatic N) is 1. The summed E-state index contributed by atoms with van der Waals surface area (Å²) in [6, 6.07) is 0.448. The van der Waals surface area contributed by atoms with Crippen LogP contribution >= 0.6 is 0 Å². The van der Waals surface area contributed by atoms with E-state index in [1.807, 2.05) is 7.05 Å². The third kappa shape index (κ3) is 5.24. The van der Waals surface area contributed by atoms with Gasteiger partial charge in [-0.1, -0.05) is 6.92 Å². The van der Waals surface area contributed by atoms with Crippen LogP contribution < -0.4 is 10.6 Å². The maximum absolute atomic E-state index is 12.5. The van der Waals surface area contributed by atoms with Crippen molar-refractivity contribution in [2.75, 3.05) is 26.7 Å². The summed E-state index contributed by atoms with van der Waals surface area (Å²) in [5.41, 5.74) is 0. The van der Waals surface area contributed by atoms with E-state index in [-0.39, 0.29) is 11.9 Å². The molecule has 0 bridgehead atoms. The van der Waals surface area contributed by atoms with Crippen molar-refractivity contribution in [1.82, 2.24) is 15.5 Å². The lowest BCUT2D eigenvalue weighted by Crippen LogP contribution is -2.51. The molecule has 0 aromatic rings. The first-order chi connectivity index (χ1) is 10.6. The molecule has 1 saturated heterocycles. The Balaban J connectivity index is 1.70. The number of nitrogens with one attached hydrogen (secondary N) is 2. The van der Waals surface area contributed by atoms with E-state index in [1.54, 1.807) is 0 Å². The minimum atomic E-state index is 0.0320. The lowest BCUT2D eigenvalue weighted by Gasteiger charge is -2.36. The summed E-state index contributed by atoms with van der Waals surface area (Å²) >= 11 is 0. The zero-order chi connectivity index (χ0) is 15.9. The number of carbonyl (C=O) groups excluding carboxylic acids is 1. The SMILES string of the molecule is CNCCC1CCN(C(C)C(=O)NC2CCC(C)CC2)CC1. The van der Waals surface area contributed by atoms with Crippen LogP contribution in [-0.2, 0) is 4.79 Å². The third-order valence-corrected chi connectivity index (χ3v) is 5.74. The molecule has 2 fully saturated rings. The highest BCUT2D eigenvalue weighted by atomic mass is 16.2. The van der Waals surface area contributed by atoms with Crippen molar-refractivity contribution in [1.29, 1.82) is 0 Å². The zero-order valence-corrected chi connectivity index (χ0v) is 14.7. The van der Waals surface area contributed by atoms with Crippen molar-refractivity contribution in [3.63, 3.8) is 0 Å². The molecule has 1 heterocycles. The smallest absolute Gasteiger partial charge is 0.237 e. The van der Waals surface area contributed by atoms with E-state index in [0.29, 0.717) is 6.04 Å². The van der Waals surface area contributed by atoms with Crippen LogP contribution in [-0.4, -0.2) is 49.6 Å². The average Bonchev–Trinajstić information content (AvgIpc) is 2.55. The molecule has 0 spiro atoms. The standard InChI is InChI=1S/C18H35N3O/c1-14-4-6-17(7-5-14)20-18(22)15(2)21-12-9-16(10-13-21)8-11-19-3/h14-17,19H,4-13H2,1-3H3,(H,20,22). The van der Waals surface area contributed by atoms with Crippen LogP contribution in [0.3, 0.4) is 0 Å². The van der Waals surface area contributed by atoms with Crippen molar-refractivity contribution in [3.05, 3.63) is 0 Å². The quantitative estimate of drug-likeness (QED) is 0.792. The van der Waals surface area contributed by atoms with Gasteiger partial charge in [-0.2, -0.15) is 0 Å². The second-order valence-corrected chi connectivity index (χ2v) is 7.51. The number of piperidine rings is 1. The molecule has 1 atom stereocenters. The number of hydrogen-bond acceptors (Lipinski definition) is 3. The minimum Gasteiger partial charge on any atom is -0.352 e. The molecule has 128 valence electrons. The Bertz CT molecular complexity index is 331. The Labute approximate surface area is 136 Å². The van der Waals surface area contributed by atoms with Gasteiger partial charge >= 0.3 is 0 Å². The normalized spacial score (nSPS) is 29.2. The second-order valence-electron chi connectivity index (χ2n) is 7.51. The van der Waals surface area contributed by atoms with Gasteiger partial charge in [-0.15, -0.1) is 0 Å². The Kier molecular flexibility index (Phi) is 7.16. The Morgan fingerprint density at radius 3 is 2.36 bits per heavy atom. The van der Waals surface area contributed by atoms with Crippen LogP contribution in [0, 0.1) is 11.8 Å². The summed E-state index contributed by atoms with van der Waals surface area (Å²) < 4.78 is 0. The van der Waals surface area contributed by atoms with Crippen molar-refractivity contribution < 1.29 is 4.79 Å². The molecule has 22 heavy (non-hydrogen) atoms. The Morgan fingerprint density at radius 2 is 1.77 bits per heavy atom. The van der Waals surface area contributed by atoms with E-state index in [2.05, 4.69) is 29.4 Å². The first-order valence-corrected chi connectivity index (χ1v) is 9.29. The molecular formula is C18H35N3O. The van der Waals surface area contributed by atoms with Crippen molar-refractivity contribution in [3.8, 4) is 0 Å². The molecule has 2 rings (SSSR count). The van der Waals surface area contributed by atoms with E-state index in [4.69, 9.17) is 0 Å². The van der Waals surface area contributed by atoms with Gasteiger partial charge in [0.1, 0.15) is 0 Å². The molecule has 1 aliphatic heterocycles. The van der Waals surface area contributed by atoms with Crippen molar-refractivity contribution in [2.24, 2.45) is 11.8 Å². The molecule has 1 saturated carbocycles.